The minimum atomic E-state index is -0.122. The lowest BCUT2D eigenvalue weighted by atomic mass is 10.1. The molecule has 0 spiro atoms. The molecule has 7 heteroatoms. The molecule has 2 aliphatic heterocycles. The molecular formula is C24H35N5O2. The molecule has 0 radical (unpaired) electrons. The van der Waals surface area contributed by atoms with Gasteiger partial charge in [0.1, 0.15) is 11.9 Å². The van der Waals surface area contributed by atoms with Gasteiger partial charge in [-0.25, -0.2) is 0 Å². The summed E-state index contributed by atoms with van der Waals surface area (Å²) in [6.07, 6.45) is 7.25. The fourth-order valence-corrected chi connectivity index (χ4v) is 4.19. The van der Waals surface area contributed by atoms with E-state index in [9.17, 15) is 4.79 Å². The van der Waals surface area contributed by atoms with E-state index in [1.165, 1.54) is 18.4 Å². The van der Waals surface area contributed by atoms with Crippen molar-refractivity contribution in [3.63, 3.8) is 0 Å². The Balaban J connectivity index is 1.38. The summed E-state index contributed by atoms with van der Waals surface area (Å²) >= 11 is 0. The molecule has 1 unspecified atom stereocenters. The first kappa shape index (κ1) is 22.0. The van der Waals surface area contributed by atoms with Gasteiger partial charge in [-0.3, -0.25) is 19.6 Å². The number of amides is 1. The molecule has 31 heavy (non-hydrogen) atoms. The van der Waals surface area contributed by atoms with E-state index >= 15 is 0 Å². The number of carbonyl (C=O) groups excluding carboxylic acids is 1. The van der Waals surface area contributed by atoms with Crippen molar-refractivity contribution in [2.24, 2.45) is 10.9 Å². The van der Waals surface area contributed by atoms with E-state index in [0.717, 1.165) is 69.5 Å². The topological polar surface area (TPSA) is 69.2 Å². The number of benzene rings is 1. The normalized spacial score (nSPS) is 21.6. The summed E-state index contributed by atoms with van der Waals surface area (Å²) in [7, 11) is 0. The van der Waals surface area contributed by atoms with Crippen LogP contribution < -0.4 is 10.6 Å². The highest BCUT2D eigenvalue weighted by Crippen LogP contribution is 2.31. The molecule has 1 aromatic carbocycles. The second-order valence-corrected chi connectivity index (χ2v) is 8.85. The Kier molecular flexibility index (Phi) is 7.37. The molecule has 0 aromatic heterocycles. The molecule has 1 saturated carbocycles. The summed E-state index contributed by atoms with van der Waals surface area (Å²) in [4.78, 5) is 22.3. The van der Waals surface area contributed by atoms with Crippen molar-refractivity contribution in [3.05, 3.63) is 41.1 Å². The largest absolute Gasteiger partial charge is 0.379 e. The molecule has 3 aliphatic rings. The van der Waals surface area contributed by atoms with E-state index in [2.05, 4.69) is 44.5 Å². The molecule has 7 nitrogen and oxygen atoms in total. The van der Waals surface area contributed by atoms with Gasteiger partial charge in [-0.05, 0) is 55.4 Å². The minimum absolute atomic E-state index is 0.0699. The van der Waals surface area contributed by atoms with Gasteiger partial charge in [-0.2, -0.15) is 0 Å². The molecule has 1 amide bonds. The Morgan fingerprint density at radius 2 is 2.13 bits per heavy atom. The number of aliphatic imine (C=N–C) groups is 1. The van der Waals surface area contributed by atoms with E-state index in [1.807, 2.05) is 19.1 Å². The second kappa shape index (κ2) is 10.4. The number of carbonyl (C=O) groups is 1. The average molecular weight is 426 g/mol. The molecular weight excluding hydrogens is 390 g/mol. The Bertz CT molecular complexity index is 827. The zero-order valence-electron chi connectivity index (χ0n) is 18.8. The fourth-order valence-electron chi connectivity index (χ4n) is 4.19. The van der Waals surface area contributed by atoms with E-state index in [4.69, 9.17) is 4.74 Å². The highest BCUT2D eigenvalue weighted by Gasteiger charge is 2.28. The average Bonchev–Trinajstić information content (AvgIpc) is 3.60. The van der Waals surface area contributed by atoms with Crippen molar-refractivity contribution in [3.8, 4) is 0 Å². The number of morpholine rings is 1. The van der Waals surface area contributed by atoms with Crippen LogP contribution in [0.15, 0.2) is 35.0 Å². The third-order valence-electron chi connectivity index (χ3n) is 6.13. The van der Waals surface area contributed by atoms with Gasteiger partial charge in [0, 0.05) is 38.4 Å². The van der Waals surface area contributed by atoms with Gasteiger partial charge in [0.2, 0.25) is 0 Å². The van der Waals surface area contributed by atoms with E-state index in [0.29, 0.717) is 5.70 Å². The highest BCUT2D eigenvalue weighted by atomic mass is 16.5. The Labute approximate surface area is 185 Å². The Hall–Kier alpha value is -2.22. The number of rotatable bonds is 9. The van der Waals surface area contributed by atoms with Crippen LogP contribution in [0.25, 0.3) is 0 Å². The van der Waals surface area contributed by atoms with Gasteiger partial charge in [-0.15, -0.1) is 0 Å². The number of hydrogen-bond acceptors (Lipinski definition) is 6. The van der Waals surface area contributed by atoms with Gasteiger partial charge in [0.05, 0.1) is 19.6 Å². The molecule has 0 bridgehead atoms. The Morgan fingerprint density at radius 1 is 1.32 bits per heavy atom. The molecule has 1 aliphatic carbocycles. The van der Waals surface area contributed by atoms with Crippen LogP contribution in [-0.4, -0.2) is 67.6 Å². The van der Waals surface area contributed by atoms with Crippen molar-refractivity contribution in [2.75, 3.05) is 44.7 Å². The molecule has 2 N–H and O–H groups in total. The molecule has 4 rings (SSSR count). The number of hydrogen-bond donors (Lipinski definition) is 2. The molecule has 1 saturated heterocycles. The van der Waals surface area contributed by atoms with Crippen LogP contribution in [0.5, 0.6) is 0 Å². The van der Waals surface area contributed by atoms with Gasteiger partial charge in [-0.1, -0.05) is 19.1 Å². The van der Waals surface area contributed by atoms with Crippen LogP contribution in [0.4, 0.5) is 5.69 Å². The predicted molar refractivity (Wildman–Crippen MR) is 124 cm³/mol. The minimum Gasteiger partial charge on any atom is -0.379 e. The van der Waals surface area contributed by atoms with Crippen LogP contribution >= 0.6 is 0 Å². The second-order valence-electron chi connectivity index (χ2n) is 8.85. The van der Waals surface area contributed by atoms with Crippen molar-refractivity contribution < 1.29 is 9.53 Å². The Morgan fingerprint density at radius 3 is 2.84 bits per heavy atom. The standard InChI is InChI=1S/C24H35N5O2/c1-3-8-29(16-19-4-5-19)23-14-22(25-17-26-23)24(30)27-21-7-6-20(13-18(21)2)15-28-9-11-31-12-10-28/h6-7,13-14,17,19,23H,3-5,8-12,15-16H2,1-2H3,(H,25,26)(H,27,30). The van der Waals surface area contributed by atoms with Crippen molar-refractivity contribution in [2.45, 2.75) is 45.8 Å². The van der Waals surface area contributed by atoms with E-state index in [-0.39, 0.29) is 12.1 Å². The van der Waals surface area contributed by atoms with Crippen LogP contribution in [0.2, 0.25) is 0 Å². The van der Waals surface area contributed by atoms with Crippen LogP contribution in [0.3, 0.4) is 0 Å². The van der Waals surface area contributed by atoms with Crippen LogP contribution in [0.1, 0.15) is 37.3 Å². The number of nitrogens with one attached hydrogen (secondary N) is 2. The maximum Gasteiger partial charge on any atom is 0.271 e. The molecule has 168 valence electrons. The fraction of sp³-hybridized carbons (Fsp3) is 0.583. The SMILES string of the molecule is CCCN(CC1CC1)C1C=C(C(=O)Nc2ccc(CN3CCOCC3)cc2C)NC=N1. The highest BCUT2D eigenvalue weighted by molar-refractivity contribution is 6.05. The molecule has 1 atom stereocenters. The summed E-state index contributed by atoms with van der Waals surface area (Å²) in [6.45, 7) is 10.7. The first-order valence-electron chi connectivity index (χ1n) is 11.6. The van der Waals surface area contributed by atoms with Crippen molar-refractivity contribution >= 4 is 17.9 Å². The zero-order chi connectivity index (χ0) is 21.6. The molecule has 2 fully saturated rings. The number of ether oxygens (including phenoxy) is 1. The van der Waals surface area contributed by atoms with Crippen LogP contribution in [-0.2, 0) is 16.1 Å². The molecule has 1 aromatic rings. The zero-order valence-corrected chi connectivity index (χ0v) is 18.8. The van der Waals surface area contributed by atoms with Gasteiger partial charge < -0.3 is 15.4 Å². The summed E-state index contributed by atoms with van der Waals surface area (Å²) in [5.74, 6) is 0.670. The lowest BCUT2D eigenvalue weighted by Gasteiger charge is -2.29. The first-order valence-corrected chi connectivity index (χ1v) is 11.6. The quantitative estimate of drug-likeness (QED) is 0.637. The van der Waals surface area contributed by atoms with Crippen LogP contribution in [0, 0.1) is 12.8 Å². The van der Waals surface area contributed by atoms with Crippen molar-refractivity contribution in [1.82, 2.24) is 15.1 Å². The summed E-state index contributed by atoms with van der Waals surface area (Å²) in [5, 5.41) is 6.10. The third-order valence-corrected chi connectivity index (χ3v) is 6.13. The monoisotopic (exact) mass is 425 g/mol. The van der Waals surface area contributed by atoms with E-state index < -0.39 is 0 Å². The summed E-state index contributed by atoms with van der Waals surface area (Å²) < 4.78 is 5.43. The lowest BCUT2D eigenvalue weighted by Crippen LogP contribution is -2.40. The number of nitrogens with zero attached hydrogens (tertiary/aromatic N) is 3. The maximum atomic E-state index is 12.9. The third kappa shape index (κ3) is 6.15. The smallest absolute Gasteiger partial charge is 0.271 e. The molecule has 2 heterocycles. The predicted octanol–water partition coefficient (Wildman–Crippen LogP) is 2.73. The van der Waals surface area contributed by atoms with Crippen molar-refractivity contribution in [1.29, 1.82) is 0 Å². The van der Waals surface area contributed by atoms with Gasteiger partial charge in [0.25, 0.3) is 5.91 Å². The summed E-state index contributed by atoms with van der Waals surface area (Å²) in [6, 6.07) is 6.27. The first-order chi connectivity index (χ1) is 15.1. The summed E-state index contributed by atoms with van der Waals surface area (Å²) in [5.41, 5.74) is 3.74. The van der Waals surface area contributed by atoms with Gasteiger partial charge in [0.15, 0.2) is 0 Å². The maximum absolute atomic E-state index is 12.9. The lowest BCUT2D eigenvalue weighted by molar-refractivity contribution is -0.113. The number of anilines is 1. The van der Waals surface area contributed by atoms with E-state index in [1.54, 1.807) is 6.34 Å². The number of aryl methyl sites for hydroxylation is 1. The van der Waals surface area contributed by atoms with Gasteiger partial charge >= 0.3 is 0 Å².